The molecule has 1 amide bonds. The fourth-order valence-electron chi connectivity index (χ4n) is 3.27. The topological polar surface area (TPSA) is 23.6 Å². The van der Waals surface area contributed by atoms with Gasteiger partial charge < -0.3 is 4.90 Å². The fourth-order valence-corrected chi connectivity index (χ4v) is 3.86. The van der Waals surface area contributed by atoms with E-state index in [4.69, 9.17) is 0 Å². The molecule has 2 fully saturated rings. The van der Waals surface area contributed by atoms with E-state index in [1.807, 2.05) is 0 Å². The molecule has 0 bridgehead atoms. The number of piperidine rings is 1. The molecule has 2 aliphatic rings. The number of carbonyl (C=O) groups is 1. The number of amides is 1. The van der Waals surface area contributed by atoms with Gasteiger partial charge in [-0.1, -0.05) is 46.3 Å². The van der Waals surface area contributed by atoms with Crippen molar-refractivity contribution in [2.75, 3.05) is 19.6 Å². The smallest absolute Gasteiger partial charge is 0.224 e. The predicted octanol–water partition coefficient (Wildman–Crippen LogP) is 2.65. The van der Waals surface area contributed by atoms with Gasteiger partial charge in [0.25, 0.3) is 0 Å². The molecule has 0 N–H and O–H groups in total. The molecule has 0 saturated carbocycles. The fraction of sp³-hybridized carbons (Fsp3) is 0.562. The molecule has 108 valence electrons. The van der Waals surface area contributed by atoms with Crippen molar-refractivity contribution in [2.24, 2.45) is 0 Å². The molecular weight excluding hydrogens is 316 g/mol. The van der Waals surface area contributed by atoms with Gasteiger partial charge >= 0.3 is 0 Å². The van der Waals surface area contributed by atoms with E-state index in [1.54, 1.807) is 0 Å². The van der Waals surface area contributed by atoms with Crippen LogP contribution < -0.4 is 0 Å². The van der Waals surface area contributed by atoms with Crippen molar-refractivity contribution in [2.45, 2.75) is 36.7 Å². The van der Waals surface area contributed by atoms with E-state index >= 15 is 0 Å². The van der Waals surface area contributed by atoms with Crippen LogP contribution in [0.2, 0.25) is 0 Å². The lowest BCUT2D eigenvalue weighted by Crippen LogP contribution is -2.45. The third kappa shape index (κ3) is 3.23. The van der Waals surface area contributed by atoms with E-state index in [-0.39, 0.29) is 0 Å². The van der Waals surface area contributed by atoms with Gasteiger partial charge in [0.15, 0.2) is 0 Å². The van der Waals surface area contributed by atoms with Crippen LogP contribution in [0.25, 0.3) is 0 Å². The number of rotatable bonds is 3. The number of nitrogens with zero attached hydrogens (tertiary/aromatic N) is 2. The van der Waals surface area contributed by atoms with Gasteiger partial charge in [0, 0.05) is 43.5 Å². The second-order valence-corrected chi connectivity index (χ2v) is 7.14. The highest BCUT2D eigenvalue weighted by molar-refractivity contribution is 9.09. The Bertz CT molecular complexity index is 457. The maximum absolute atomic E-state index is 11.9. The first-order valence-corrected chi connectivity index (χ1v) is 8.34. The zero-order valence-corrected chi connectivity index (χ0v) is 13.3. The molecule has 2 aliphatic heterocycles. The number of hydrogen-bond acceptors (Lipinski definition) is 2. The van der Waals surface area contributed by atoms with Crippen molar-refractivity contribution in [3.8, 4) is 0 Å². The van der Waals surface area contributed by atoms with Crippen LogP contribution in [0.5, 0.6) is 0 Å². The van der Waals surface area contributed by atoms with Crippen LogP contribution in [0.4, 0.5) is 0 Å². The summed E-state index contributed by atoms with van der Waals surface area (Å²) >= 11 is 3.57. The maximum atomic E-state index is 11.9. The van der Waals surface area contributed by atoms with Crippen molar-refractivity contribution in [3.63, 3.8) is 0 Å². The quantitative estimate of drug-likeness (QED) is 0.792. The maximum Gasteiger partial charge on any atom is 0.224 e. The van der Waals surface area contributed by atoms with E-state index in [2.05, 4.69) is 56.1 Å². The molecule has 1 aromatic rings. The molecule has 1 unspecified atom stereocenters. The first-order chi connectivity index (χ1) is 9.72. The summed E-state index contributed by atoms with van der Waals surface area (Å²) in [6.45, 7) is 4.11. The van der Waals surface area contributed by atoms with Crippen LogP contribution in [-0.2, 0) is 11.3 Å². The van der Waals surface area contributed by atoms with E-state index in [9.17, 15) is 4.79 Å². The highest BCUT2D eigenvalue weighted by Crippen LogP contribution is 2.26. The predicted molar refractivity (Wildman–Crippen MR) is 83.8 cm³/mol. The Hall–Kier alpha value is -0.870. The van der Waals surface area contributed by atoms with E-state index in [0.717, 1.165) is 39.0 Å². The van der Waals surface area contributed by atoms with Crippen LogP contribution in [0, 0.1) is 0 Å². The Kier molecular flexibility index (Phi) is 4.41. The molecule has 2 saturated heterocycles. The first kappa shape index (κ1) is 14.1. The van der Waals surface area contributed by atoms with Gasteiger partial charge in [0.05, 0.1) is 0 Å². The summed E-state index contributed by atoms with van der Waals surface area (Å²) < 4.78 is 0. The van der Waals surface area contributed by atoms with Crippen molar-refractivity contribution in [1.82, 2.24) is 9.80 Å². The molecule has 3 rings (SSSR count). The molecule has 2 heterocycles. The van der Waals surface area contributed by atoms with Crippen LogP contribution in [0.15, 0.2) is 30.3 Å². The number of alkyl halides is 1. The average Bonchev–Trinajstić information content (AvgIpc) is 2.80. The molecule has 20 heavy (non-hydrogen) atoms. The minimum absolute atomic E-state index is 0.327. The van der Waals surface area contributed by atoms with Crippen LogP contribution in [-0.4, -0.2) is 46.2 Å². The Balaban J connectivity index is 1.51. The van der Waals surface area contributed by atoms with Gasteiger partial charge in [-0.3, -0.25) is 9.69 Å². The lowest BCUT2D eigenvalue weighted by molar-refractivity contribution is -0.130. The molecular formula is C16H21BrN2O. The Morgan fingerprint density at radius 2 is 1.85 bits per heavy atom. The minimum atomic E-state index is 0.327. The van der Waals surface area contributed by atoms with Gasteiger partial charge in [-0.15, -0.1) is 0 Å². The molecule has 0 aromatic heterocycles. The second-order valence-electron chi connectivity index (χ2n) is 5.84. The highest BCUT2D eigenvalue weighted by atomic mass is 79.9. The standard InChI is InChI=1S/C16H21BrN2O/c17-14-10-16(20)19(12-14)15-6-8-18(9-7-15)11-13-4-2-1-3-5-13/h1-5,14-15H,6-12H2. The third-order valence-electron chi connectivity index (χ3n) is 4.36. The van der Waals surface area contributed by atoms with Gasteiger partial charge in [-0.25, -0.2) is 0 Å². The van der Waals surface area contributed by atoms with Crippen molar-refractivity contribution < 1.29 is 4.79 Å². The largest absolute Gasteiger partial charge is 0.338 e. The summed E-state index contributed by atoms with van der Waals surface area (Å²) in [5.41, 5.74) is 1.38. The summed E-state index contributed by atoms with van der Waals surface area (Å²) in [5.74, 6) is 0.327. The van der Waals surface area contributed by atoms with E-state index in [1.165, 1.54) is 5.56 Å². The lowest BCUT2D eigenvalue weighted by atomic mass is 10.0. The molecule has 1 aromatic carbocycles. The van der Waals surface area contributed by atoms with E-state index < -0.39 is 0 Å². The molecule has 4 heteroatoms. The molecule has 0 spiro atoms. The number of likely N-dealkylation sites (tertiary alicyclic amines) is 2. The number of carbonyl (C=O) groups excluding carboxylic acids is 1. The zero-order chi connectivity index (χ0) is 13.9. The normalized spacial score (nSPS) is 25.4. The Morgan fingerprint density at radius 3 is 2.45 bits per heavy atom. The van der Waals surface area contributed by atoms with Gasteiger partial charge in [0.1, 0.15) is 0 Å². The third-order valence-corrected chi connectivity index (χ3v) is 4.97. The van der Waals surface area contributed by atoms with Crippen LogP contribution in [0.1, 0.15) is 24.8 Å². The lowest BCUT2D eigenvalue weighted by Gasteiger charge is -2.36. The van der Waals surface area contributed by atoms with Gasteiger partial charge in [0.2, 0.25) is 5.91 Å². The second kappa shape index (κ2) is 6.27. The van der Waals surface area contributed by atoms with Crippen molar-refractivity contribution in [1.29, 1.82) is 0 Å². The molecule has 1 atom stereocenters. The minimum Gasteiger partial charge on any atom is -0.338 e. The number of hydrogen-bond donors (Lipinski definition) is 0. The SMILES string of the molecule is O=C1CC(Br)CN1C1CCN(Cc2ccccc2)CC1. The van der Waals surface area contributed by atoms with Crippen LogP contribution in [0.3, 0.4) is 0 Å². The molecule has 0 aliphatic carbocycles. The summed E-state index contributed by atoms with van der Waals surface area (Å²) in [5, 5.41) is 0. The zero-order valence-electron chi connectivity index (χ0n) is 11.7. The van der Waals surface area contributed by atoms with Gasteiger partial charge in [-0.05, 0) is 18.4 Å². The number of benzene rings is 1. The number of halogens is 1. The van der Waals surface area contributed by atoms with Gasteiger partial charge in [-0.2, -0.15) is 0 Å². The van der Waals surface area contributed by atoms with Crippen molar-refractivity contribution >= 4 is 21.8 Å². The summed E-state index contributed by atoms with van der Waals surface area (Å²) in [7, 11) is 0. The monoisotopic (exact) mass is 336 g/mol. The summed E-state index contributed by atoms with van der Waals surface area (Å²) in [6, 6.07) is 11.1. The van der Waals surface area contributed by atoms with Crippen LogP contribution >= 0.6 is 15.9 Å². The summed E-state index contributed by atoms with van der Waals surface area (Å²) in [6.07, 6.45) is 2.89. The van der Waals surface area contributed by atoms with Crippen molar-refractivity contribution in [3.05, 3.63) is 35.9 Å². The molecule has 0 radical (unpaired) electrons. The first-order valence-electron chi connectivity index (χ1n) is 7.42. The average molecular weight is 337 g/mol. The summed E-state index contributed by atoms with van der Waals surface area (Å²) in [4.78, 5) is 16.9. The highest BCUT2D eigenvalue weighted by Gasteiger charge is 2.34. The Morgan fingerprint density at radius 1 is 1.15 bits per heavy atom. The Labute approximate surface area is 129 Å². The molecule has 3 nitrogen and oxygen atoms in total. The van der Waals surface area contributed by atoms with E-state index in [0.29, 0.717) is 23.2 Å².